The maximum atomic E-state index is 13.9. The number of sulfonamides is 1. The summed E-state index contributed by atoms with van der Waals surface area (Å²) in [6, 6.07) is 22.8. The van der Waals surface area contributed by atoms with Gasteiger partial charge >= 0.3 is 0 Å². The molecule has 0 radical (unpaired) electrons. The van der Waals surface area contributed by atoms with Crippen LogP contribution in [0.3, 0.4) is 0 Å². The summed E-state index contributed by atoms with van der Waals surface area (Å²) in [4.78, 5) is 27.4. The van der Waals surface area contributed by atoms with Gasteiger partial charge in [-0.2, -0.15) is 4.72 Å². The fourth-order valence-corrected chi connectivity index (χ4v) is 5.69. The monoisotopic (exact) mass is 519 g/mol. The van der Waals surface area contributed by atoms with Gasteiger partial charge in [-0.15, -0.1) is 0 Å². The van der Waals surface area contributed by atoms with Gasteiger partial charge in [-0.25, -0.2) is 8.42 Å². The van der Waals surface area contributed by atoms with Crippen molar-refractivity contribution in [3.8, 4) is 0 Å². The fourth-order valence-electron chi connectivity index (χ4n) is 4.45. The number of anilines is 1. The molecule has 3 aromatic rings. The first kappa shape index (κ1) is 26.6. The van der Waals surface area contributed by atoms with Crippen LogP contribution in [0.5, 0.6) is 0 Å². The average molecular weight is 520 g/mol. The number of aryl methyl sites for hydroxylation is 1. The van der Waals surface area contributed by atoms with E-state index >= 15 is 0 Å². The minimum absolute atomic E-state index is 0.0800. The third kappa shape index (κ3) is 7.05. The number of unbranched alkanes of at least 4 members (excludes halogenated alkanes) is 1. The molecule has 4 rings (SSSR count). The molecule has 37 heavy (non-hydrogen) atoms. The Kier molecular flexibility index (Phi) is 8.74. The summed E-state index contributed by atoms with van der Waals surface area (Å²) in [5.74, 6) is -0.338. The second-order valence-corrected chi connectivity index (χ2v) is 11.0. The van der Waals surface area contributed by atoms with E-state index in [9.17, 15) is 18.0 Å². The van der Waals surface area contributed by atoms with Crippen LogP contribution in [0.2, 0.25) is 0 Å². The van der Waals surface area contributed by atoms with Crippen LogP contribution in [0.25, 0.3) is 0 Å². The van der Waals surface area contributed by atoms with Gasteiger partial charge in [0.1, 0.15) is 6.04 Å². The summed E-state index contributed by atoms with van der Waals surface area (Å²) in [6.07, 6.45) is 2.75. The van der Waals surface area contributed by atoms with Gasteiger partial charge in [-0.05, 0) is 54.2 Å². The molecule has 1 aliphatic heterocycles. The smallest absolute Gasteiger partial charge is 0.241 e. The molecule has 0 bridgehead atoms. The van der Waals surface area contributed by atoms with Crippen LogP contribution >= 0.6 is 0 Å². The van der Waals surface area contributed by atoms with Crippen molar-refractivity contribution in [1.82, 2.24) is 9.62 Å². The molecule has 1 atom stereocenters. The van der Waals surface area contributed by atoms with Crippen LogP contribution in [0.1, 0.15) is 42.9 Å². The zero-order valence-electron chi connectivity index (χ0n) is 21.0. The Labute approximate surface area is 218 Å². The Morgan fingerprint density at radius 1 is 0.973 bits per heavy atom. The molecular formula is C29H33N3O4S. The van der Waals surface area contributed by atoms with Gasteiger partial charge in [0.15, 0.2) is 0 Å². The van der Waals surface area contributed by atoms with Gasteiger partial charge in [-0.1, -0.05) is 74.0 Å². The zero-order chi connectivity index (χ0) is 26.3. The molecule has 0 aromatic heterocycles. The molecule has 0 saturated carbocycles. The number of amides is 2. The van der Waals surface area contributed by atoms with Gasteiger partial charge < -0.3 is 10.2 Å². The van der Waals surface area contributed by atoms with Gasteiger partial charge in [0.2, 0.25) is 21.8 Å². The van der Waals surface area contributed by atoms with E-state index in [1.54, 1.807) is 17.0 Å². The molecule has 2 N–H and O–H groups in total. The van der Waals surface area contributed by atoms with Gasteiger partial charge in [-0.3, -0.25) is 9.59 Å². The predicted octanol–water partition coefficient (Wildman–Crippen LogP) is 4.29. The third-order valence-corrected chi connectivity index (χ3v) is 7.94. The summed E-state index contributed by atoms with van der Waals surface area (Å²) >= 11 is 0. The minimum atomic E-state index is -4.01. The Morgan fingerprint density at radius 3 is 2.32 bits per heavy atom. The van der Waals surface area contributed by atoms with E-state index in [0.717, 1.165) is 29.5 Å². The molecule has 8 heteroatoms. The van der Waals surface area contributed by atoms with Crippen molar-refractivity contribution in [2.75, 3.05) is 11.9 Å². The number of benzene rings is 3. The van der Waals surface area contributed by atoms with Crippen molar-refractivity contribution >= 4 is 27.5 Å². The molecule has 1 aliphatic rings. The lowest BCUT2D eigenvalue weighted by molar-refractivity contribution is -0.133. The zero-order valence-corrected chi connectivity index (χ0v) is 21.8. The first-order chi connectivity index (χ1) is 17.9. The molecule has 3 aromatic carbocycles. The largest absolute Gasteiger partial charge is 0.337 e. The van der Waals surface area contributed by atoms with Crippen molar-refractivity contribution < 1.29 is 18.0 Å². The van der Waals surface area contributed by atoms with E-state index in [2.05, 4.69) is 17.0 Å². The average Bonchev–Trinajstić information content (AvgIpc) is 2.91. The van der Waals surface area contributed by atoms with Crippen LogP contribution in [0.4, 0.5) is 5.69 Å². The molecule has 0 aliphatic carbocycles. The Hall–Kier alpha value is -3.49. The van der Waals surface area contributed by atoms with E-state index in [-0.39, 0.29) is 23.1 Å². The fraction of sp³-hybridized carbons (Fsp3) is 0.310. The highest BCUT2D eigenvalue weighted by atomic mass is 32.2. The molecule has 1 heterocycles. The van der Waals surface area contributed by atoms with Gasteiger partial charge in [0.25, 0.3) is 0 Å². The second-order valence-electron chi connectivity index (χ2n) is 9.33. The number of nitrogens with one attached hydrogen (secondary N) is 2. The molecule has 0 spiro atoms. The minimum Gasteiger partial charge on any atom is -0.337 e. The highest BCUT2D eigenvalue weighted by molar-refractivity contribution is 7.89. The number of nitrogens with zero attached hydrogens (tertiary/aromatic N) is 1. The van der Waals surface area contributed by atoms with Crippen LogP contribution in [-0.4, -0.2) is 37.7 Å². The third-order valence-electron chi connectivity index (χ3n) is 6.47. The van der Waals surface area contributed by atoms with E-state index in [4.69, 9.17) is 0 Å². The first-order valence-corrected chi connectivity index (χ1v) is 14.2. The summed E-state index contributed by atoms with van der Waals surface area (Å²) < 4.78 is 29.7. The maximum absolute atomic E-state index is 13.9. The van der Waals surface area contributed by atoms with Crippen LogP contribution in [0.15, 0.2) is 83.8 Å². The normalized spacial score (nSPS) is 13.9. The molecule has 0 saturated heterocycles. The molecule has 1 unspecified atom stereocenters. The van der Waals surface area contributed by atoms with Gasteiger partial charge in [0.05, 0.1) is 4.90 Å². The lowest BCUT2D eigenvalue weighted by Gasteiger charge is -2.28. The predicted molar refractivity (Wildman–Crippen MR) is 144 cm³/mol. The van der Waals surface area contributed by atoms with Gasteiger partial charge in [0, 0.05) is 25.2 Å². The molecule has 194 valence electrons. The van der Waals surface area contributed by atoms with Crippen molar-refractivity contribution in [2.45, 2.75) is 56.5 Å². The highest BCUT2D eigenvalue weighted by Gasteiger charge is 2.30. The number of hydrogen-bond acceptors (Lipinski definition) is 4. The van der Waals surface area contributed by atoms with Crippen molar-refractivity contribution in [3.05, 3.63) is 95.6 Å². The topological polar surface area (TPSA) is 95.6 Å². The Bertz CT molecular complexity index is 1330. The summed E-state index contributed by atoms with van der Waals surface area (Å²) in [6.45, 7) is 3.01. The quantitative estimate of drug-likeness (QED) is 0.395. The van der Waals surface area contributed by atoms with E-state index in [1.807, 2.05) is 60.7 Å². The first-order valence-electron chi connectivity index (χ1n) is 12.7. The number of fused-ring (bicyclic) bond motifs is 1. The summed E-state index contributed by atoms with van der Waals surface area (Å²) in [7, 11) is -4.01. The maximum Gasteiger partial charge on any atom is 0.241 e. The van der Waals surface area contributed by atoms with E-state index < -0.39 is 16.1 Å². The molecule has 2 amide bonds. The highest BCUT2D eigenvalue weighted by Crippen LogP contribution is 2.26. The molecule has 7 nitrogen and oxygen atoms in total. The number of rotatable bonds is 11. The number of carbonyl (C=O) groups excluding carboxylic acids is 2. The Balaban J connectivity index is 1.62. The van der Waals surface area contributed by atoms with Crippen molar-refractivity contribution in [3.63, 3.8) is 0 Å². The molecule has 0 fully saturated rings. The van der Waals surface area contributed by atoms with E-state index in [0.29, 0.717) is 31.6 Å². The van der Waals surface area contributed by atoms with Crippen molar-refractivity contribution in [2.24, 2.45) is 0 Å². The Morgan fingerprint density at radius 2 is 1.65 bits per heavy atom. The summed E-state index contributed by atoms with van der Waals surface area (Å²) in [5.41, 5.74) is 3.25. The second kappa shape index (κ2) is 12.2. The number of carbonyl (C=O) groups is 2. The van der Waals surface area contributed by atoms with E-state index in [1.165, 1.54) is 6.07 Å². The number of hydrogen-bond donors (Lipinski definition) is 2. The SMILES string of the molecule is CCCCN(Cc1ccccc1)C(=O)C(Cc1ccccc1)NS(=O)(=O)c1ccc2c(c1)CCC(=O)N2. The van der Waals surface area contributed by atoms with Crippen LogP contribution in [-0.2, 0) is 39.0 Å². The summed E-state index contributed by atoms with van der Waals surface area (Å²) in [5, 5.41) is 2.77. The lowest BCUT2D eigenvalue weighted by Crippen LogP contribution is -2.49. The lowest BCUT2D eigenvalue weighted by atomic mass is 10.0. The van der Waals surface area contributed by atoms with Crippen molar-refractivity contribution in [1.29, 1.82) is 0 Å². The van der Waals surface area contributed by atoms with Crippen LogP contribution in [0, 0.1) is 0 Å². The standard InChI is InChI=1S/C29H33N3O4S/c1-2-3-18-32(21-23-12-8-5-9-13-23)29(34)27(19-22-10-6-4-7-11-22)31-37(35,36)25-15-16-26-24(20-25)14-17-28(33)30-26/h4-13,15-16,20,27,31H,2-3,14,17-19,21H2,1H3,(H,30,33). The molecular weight excluding hydrogens is 486 g/mol. The van der Waals surface area contributed by atoms with Crippen LogP contribution < -0.4 is 10.0 Å².